The number of imidazole rings is 1. The Morgan fingerprint density at radius 1 is 1.16 bits per heavy atom. The smallest absolute Gasteiger partial charge is 0.330 e. The third kappa shape index (κ3) is 4.68. The summed E-state index contributed by atoms with van der Waals surface area (Å²) in [5.74, 6) is 0.822. The second-order valence-corrected chi connectivity index (χ2v) is 6.12. The first-order chi connectivity index (χ1) is 11.0. The molecule has 0 bridgehead atoms. The molecule has 0 unspecified atom stereocenters. The molecule has 140 valence electrons. The Hall–Kier alpha value is -1.24. The first-order valence-electron chi connectivity index (χ1n) is 7.90. The Bertz CT molecular complexity index is 673. The zero-order chi connectivity index (χ0) is 16.4. The Morgan fingerprint density at radius 2 is 1.88 bits per heavy atom. The molecule has 2 aromatic rings. The highest BCUT2D eigenvalue weighted by Crippen LogP contribution is 2.39. The fourth-order valence-electron chi connectivity index (χ4n) is 3.47. The average Bonchev–Trinajstić information content (AvgIpc) is 3.03. The predicted molar refractivity (Wildman–Crippen MR) is 97.2 cm³/mol. The molecular weight excluding hydrogens is 374 g/mol. The average molecular weight is 396 g/mol. The molecule has 1 heterocycles. The number of hydrogen-bond donors (Lipinski definition) is 1. The van der Waals surface area contributed by atoms with Crippen molar-refractivity contribution in [2.24, 2.45) is 11.7 Å². The standard InChI is InChI=1S/C17H20F3N3.2ClH/c18-17(19,20)15-7-2-1-6-14(15)16-22-8-9-23(16)13-5-3-4-12(10-13)11-21;;/h1-2,6-9,12-13H,3-5,10-11,21H2;2*1H/t12-,13+;;/m0../s1. The van der Waals surface area contributed by atoms with Crippen molar-refractivity contribution in [2.75, 3.05) is 6.54 Å². The van der Waals surface area contributed by atoms with Crippen molar-refractivity contribution in [3.8, 4) is 11.4 Å². The van der Waals surface area contributed by atoms with Gasteiger partial charge in [-0.2, -0.15) is 13.2 Å². The van der Waals surface area contributed by atoms with E-state index in [1.165, 1.54) is 12.1 Å². The van der Waals surface area contributed by atoms with E-state index in [1.807, 2.05) is 4.57 Å². The molecule has 3 rings (SSSR count). The Morgan fingerprint density at radius 3 is 2.56 bits per heavy atom. The quantitative estimate of drug-likeness (QED) is 0.784. The van der Waals surface area contributed by atoms with Crippen LogP contribution in [0.3, 0.4) is 0 Å². The van der Waals surface area contributed by atoms with Gasteiger partial charge < -0.3 is 10.3 Å². The maximum atomic E-state index is 13.3. The molecule has 0 amide bonds. The molecule has 0 spiro atoms. The predicted octanol–water partition coefficient (Wildman–Crippen LogP) is 5.10. The second-order valence-electron chi connectivity index (χ2n) is 6.12. The maximum absolute atomic E-state index is 13.3. The molecule has 0 aliphatic heterocycles. The zero-order valence-electron chi connectivity index (χ0n) is 13.6. The van der Waals surface area contributed by atoms with Gasteiger partial charge in [-0.1, -0.05) is 24.6 Å². The molecular formula is C17H22Cl2F3N3. The third-order valence-corrected chi connectivity index (χ3v) is 4.62. The fraction of sp³-hybridized carbons (Fsp3) is 0.471. The monoisotopic (exact) mass is 395 g/mol. The van der Waals surface area contributed by atoms with Crippen LogP contribution in [0.1, 0.15) is 37.3 Å². The van der Waals surface area contributed by atoms with Gasteiger partial charge in [-0.3, -0.25) is 0 Å². The van der Waals surface area contributed by atoms with Crippen LogP contribution < -0.4 is 5.73 Å². The van der Waals surface area contributed by atoms with Gasteiger partial charge in [0.25, 0.3) is 0 Å². The highest BCUT2D eigenvalue weighted by atomic mass is 35.5. The molecule has 1 fully saturated rings. The van der Waals surface area contributed by atoms with Crippen molar-refractivity contribution in [3.05, 3.63) is 42.2 Å². The molecule has 1 aliphatic carbocycles. The topological polar surface area (TPSA) is 43.8 Å². The largest absolute Gasteiger partial charge is 0.417 e. The van der Waals surface area contributed by atoms with Gasteiger partial charge in [-0.05, 0) is 37.8 Å². The Labute approximate surface area is 157 Å². The van der Waals surface area contributed by atoms with E-state index in [1.54, 1.807) is 18.5 Å². The van der Waals surface area contributed by atoms with Crippen LogP contribution in [-0.2, 0) is 6.18 Å². The summed E-state index contributed by atoms with van der Waals surface area (Å²) in [6, 6.07) is 5.79. The van der Waals surface area contributed by atoms with Crippen LogP contribution in [0.5, 0.6) is 0 Å². The number of alkyl halides is 3. The number of nitrogens with zero attached hydrogens (tertiary/aromatic N) is 2. The molecule has 0 radical (unpaired) electrons. The van der Waals surface area contributed by atoms with Crippen molar-refractivity contribution in [3.63, 3.8) is 0 Å². The van der Waals surface area contributed by atoms with E-state index >= 15 is 0 Å². The molecule has 1 aliphatic rings. The van der Waals surface area contributed by atoms with Crippen molar-refractivity contribution < 1.29 is 13.2 Å². The number of halogens is 5. The van der Waals surface area contributed by atoms with Crippen LogP contribution in [0.4, 0.5) is 13.2 Å². The summed E-state index contributed by atoms with van der Waals surface area (Å²) in [5.41, 5.74) is 5.27. The molecule has 1 aromatic heterocycles. The lowest BCUT2D eigenvalue weighted by molar-refractivity contribution is -0.137. The highest BCUT2D eigenvalue weighted by molar-refractivity contribution is 5.85. The summed E-state index contributed by atoms with van der Waals surface area (Å²) in [5, 5.41) is 0. The molecule has 2 atom stereocenters. The summed E-state index contributed by atoms with van der Waals surface area (Å²) in [6.45, 7) is 0.625. The molecule has 1 aromatic carbocycles. The lowest BCUT2D eigenvalue weighted by atomic mass is 9.85. The molecule has 25 heavy (non-hydrogen) atoms. The van der Waals surface area contributed by atoms with Gasteiger partial charge in [0, 0.05) is 24.0 Å². The fourth-order valence-corrected chi connectivity index (χ4v) is 3.47. The van der Waals surface area contributed by atoms with E-state index in [9.17, 15) is 13.2 Å². The van der Waals surface area contributed by atoms with Gasteiger partial charge in [0.15, 0.2) is 0 Å². The summed E-state index contributed by atoms with van der Waals surface area (Å²) in [6.07, 6.45) is 2.96. The molecule has 0 saturated heterocycles. The van der Waals surface area contributed by atoms with Crippen LogP contribution in [-0.4, -0.2) is 16.1 Å². The number of benzene rings is 1. The number of rotatable bonds is 3. The Balaban J connectivity index is 0.00000156. The third-order valence-electron chi connectivity index (χ3n) is 4.62. The summed E-state index contributed by atoms with van der Waals surface area (Å²) >= 11 is 0. The number of hydrogen-bond acceptors (Lipinski definition) is 2. The van der Waals surface area contributed by atoms with Gasteiger partial charge in [-0.25, -0.2) is 4.98 Å². The Kier molecular flexibility index (Phi) is 7.78. The van der Waals surface area contributed by atoms with Crippen LogP contribution >= 0.6 is 24.8 Å². The van der Waals surface area contributed by atoms with Crippen LogP contribution in [0, 0.1) is 5.92 Å². The number of nitrogens with two attached hydrogens (primary N) is 1. The van der Waals surface area contributed by atoms with Crippen LogP contribution in [0.2, 0.25) is 0 Å². The minimum Gasteiger partial charge on any atom is -0.330 e. The SMILES string of the molecule is Cl.Cl.NC[C@H]1CCC[C@@H](n2ccnc2-c2ccccc2C(F)(F)F)C1. The van der Waals surface area contributed by atoms with Crippen molar-refractivity contribution in [1.82, 2.24) is 9.55 Å². The lowest BCUT2D eigenvalue weighted by Crippen LogP contribution is -2.24. The van der Waals surface area contributed by atoms with Crippen LogP contribution in [0.15, 0.2) is 36.7 Å². The zero-order valence-corrected chi connectivity index (χ0v) is 15.2. The first-order valence-corrected chi connectivity index (χ1v) is 7.90. The first kappa shape index (κ1) is 21.8. The van der Waals surface area contributed by atoms with Crippen LogP contribution in [0.25, 0.3) is 11.4 Å². The van der Waals surface area contributed by atoms with E-state index < -0.39 is 11.7 Å². The normalized spacial score (nSPS) is 20.5. The van der Waals surface area contributed by atoms with E-state index in [4.69, 9.17) is 5.73 Å². The highest BCUT2D eigenvalue weighted by Gasteiger charge is 2.35. The maximum Gasteiger partial charge on any atom is 0.417 e. The molecule has 8 heteroatoms. The summed E-state index contributed by atoms with van der Waals surface area (Å²) < 4.78 is 41.7. The van der Waals surface area contributed by atoms with Gasteiger partial charge in [0.05, 0.1) is 5.56 Å². The van der Waals surface area contributed by atoms with Gasteiger partial charge in [0.2, 0.25) is 0 Å². The summed E-state index contributed by atoms with van der Waals surface area (Å²) in [4.78, 5) is 4.22. The van der Waals surface area contributed by atoms with E-state index in [2.05, 4.69) is 4.98 Å². The lowest BCUT2D eigenvalue weighted by Gasteiger charge is -2.30. The van der Waals surface area contributed by atoms with E-state index in [0.717, 1.165) is 31.7 Å². The van der Waals surface area contributed by atoms with Gasteiger partial charge in [-0.15, -0.1) is 24.8 Å². The van der Waals surface area contributed by atoms with Crippen molar-refractivity contribution >= 4 is 24.8 Å². The molecule has 3 nitrogen and oxygen atoms in total. The minimum atomic E-state index is -4.39. The van der Waals surface area contributed by atoms with Gasteiger partial charge in [0.1, 0.15) is 5.82 Å². The van der Waals surface area contributed by atoms with E-state index in [0.29, 0.717) is 18.3 Å². The minimum absolute atomic E-state index is 0. The molecule has 1 saturated carbocycles. The number of aromatic nitrogens is 2. The van der Waals surface area contributed by atoms with E-state index in [-0.39, 0.29) is 36.4 Å². The second kappa shape index (κ2) is 8.92. The molecule has 2 N–H and O–H groups in total. The summed E-state index contributed by atoms with van der Waals surface area (Å²) in [7, 11) is 0. The van der Waals surface area contributed by atoms with Gasteiger partial charge >= 0.3 is 6.18 Å². The van der Waals surface area contributed by atoms with Crippen molar-refractivity contribution in [2.45, 2.75) is 37.9 Å². The van der Waals surface area contributed by atoms with Crippen molar-refractivity contribution in [1.29, 1.82) is 0 Å².